The standard InChI is InChI=1S/C11H13F3N2O2/c1-16(18-2)10(17)6-4-8-3-5-9(15-7-8)11(12,13)14/h3,5,7H,4,6H2,1-2H3. The number of aryl methyl sites for hydroxylation is 1. The highest BCUT2D eigenvalue weighted by atomic mass is 19.4. The average molecular weight is 262 g/mol. The Balaban J connectivity index is 2.57. The molecule has 100 valence electrons. The summed E-state index contributed by atoms with van der Waals surface area (Å²) in [7, 11) is 2.82. The molecular weight excluding hydrogens is 249 g/mol. The number of carbonyl (C=O) groups excluding carboxylic acids is 1. The van der Waals surface area contributed by atoms with Crippen LogP contribution < -0.4 is 0 Å². The van der Waals surface area contributed by atoms with E-state index >= 15 is 0 Å². The van der Waals surface area contributed by atoms with E-state index in [0.29, 0.717) is 12.0 Å². The minimum Gasteiger partial charge on any atom is -0.275 e. The molecule has 0 unspecified atom stereocenters. The van der Waals surface area contributed by atoms with Gasteiger partial charge in [-0.05, 0) is 18.1 Å². The third-order valence-electron chi connectivity index (χ3n) is 2.37. The quantitative estimate of drug-likeness (QED) is 0.780. The second-order valence-corrected chi connectivity index (χ2v) is 3.62. The summed E-state index contributed by atoms with van der Waals surface area (Å²) in [6.07, 6.45) is -2.84. The van der Waals surface area contributed by atoms with E-state index in [-0.39, 0.29) is 12.3 Å². The van der Waals surface area contributed by atoms with Crippen molar-refractivity contribution in [3.8, 4) is 0 Å². The molecule has 0 aliphatic carbocycles. The minimum absolute atomic E-state index is 0.150. The molecule has 0 N–H and O–H groups in total. The van der Waals surface area contributed by atoms with Crippen LogP contribution in [0.4, 0.5) is 13.2 Å². The van der Waals surface area contributed by atoms with Gasteiger partial charge in [0.05, 0.1) is 7.11 Å². The molecule has 1 amide bonds. The van der Waals surface area contributed by atoms with Crippen molar-refractivity contribution in [2.45, 2.75) is 19.0 Å². The van der Waals surface area contributed by atoms with Gasteiger partial charge in [-0.25, -0.2) is 5.06 Å². The Kier molecular flexibility index (Phi) is 4.66. The van der Waals surface area contributed by atoms with Crippen LogP contribution in [0.25, 0.3) is 0 Å². The molecule has 0 radical (unpaired) electrons. The predicted molar refractivity (Wildman–Crippen MR) is 57.3 cm³/mol. The van der Waals surface area contributed by atoms with Gasteiger partial charge in [-0.2, -0.15) is 13.2 Å². The Morgan fingerprint density at radius 3 is 2.56 bits per heavy atom. The highest BCUT2D eigenvalue weighted by Crippen LogP contribution is 2.27. The van der Waals surface area contributed by atoms with Gasteiger partial charge >= 0.3 is 6.18 Å². The molecule has 18 heavy (non-hydrogen) atoms. The molecule has 0 aliphatic heterocycles. The predicted octanol–water partition coefficient (Wildman–Crippen LogP) is 2.05. The van der Waals surface area contributed by atoms with Crippen molar-refractivity contribution in [2.75, 3.05) is 14.2 Å². The summed E-state index contributed by atoms with van der Waals surface area (Å²) in [5.41, 5.74) is -0.368. The number of amides is 1. The van der Waals surface area contributed by atoms with Gasteiger partial charge in [0.25, 0.3) is 0 Å². The molecule has 0 fully saturated rings. The van der Waals surface area contributed by atoms with Crippen LogP contribution >= 0.6 is 0 Å². The summed E-state index contributed by atoms with van der Waals surface area (Å²) in [5.74, 6) is -0.252. The number of nitrogens with zero attached hydrogens (tertiary/aromatic N) is 2. The summed E-state index contributed by atoms with van der Waals surface area (Å²) in [5, 5.41) is 1.07. The molecule has 0 bridgehead atoms. The first-order valence-corrected chi connectivity index (χ1v) is 5.17. The fourth-order valence-electron chi connectivity index (χ4n) is 1.25. The number of pyridine rings is 1. The van der Waals surface area contributed by atoms with Gasteiger partial charge in [0.1, 0.15) is 5.69 Å². The second-order valence-electron chi connectivity index (χ2n) is 3.62. The van der Waals surface area contributed by atoms with Crippen LogP contribution in [0.2, 0.25) is 0 Å². The first-order valence-electron chi connectivity index (χ1n) is 5.17. The average Bonchev–Trinajstić information content (AvgIpc) is 2.34. The number of hydrogen-bond donors (Lipinski definition) is 0. The number of alkyl halides is 3. The van der Waals surface area contributed by atoms with Crippen LogP contribution in [0, 0.1) is 0 Å². The lowest BCUT2D eigenvalue weighted by molar-refractivity contribution is -0.168. The molecular formula is C11H13F3N2O2. The summed E-state index contributed by atoms with van der Waals surface area (Å²) in [6.45, 7) is 0. The highest BCUT2D eigenvalue weighted by Gasteiger charge is 2.31. The first-order chi connectivity index (χ1) is 8.34. The van der Waals surface area contributed by atoms with Crippen LogP contribution in [0.5, 0.6) is 0 Å². The van der Waals surface area contributed by atoms with Gasteiger partial charge in [-0.1, -0.05) is 6.07 Å². The number of carbonyl (C=O) groups is 1. The Morgan fingerprint density at radius 2 is 2.11 bits per heavy atom. The lowest BCUT2D eigenvalue weighted by Crippen LogP contribution is -2.25. The zero-order valence-corrected chi connectivity index (χ0v) is 9.99. The summed E-state index contributed by atoms with van der Waals surface area (Å²) in [4.78, 5) is 19.4. The zero-order chi connectivity index (χ0) is 13.8. The summed E-state index contributed by atoms with van der Waals surface area (Å²) in [6, 6.07) is 2.22. The van der Waals surface area contributed by atoms with Crippen LogP contribution in [-0.2, 0) is 22.2 Å². The molecule has 0 aromatic carbocycles. The molecule has 0 spiro atoms. The van der Waals surface area contributed by atoms with E-state index < -0.39 is 11.9 Å². The molecule has 0 saturated carbocycles. The van der Waals surface area contributed by atoms with Crippen molar-refractivity contribution >= 4 is 5.91 Å². The van der Waals surface area contributed by atoms with E-state index in [0.717, 1.165) is 17.3 Å². The normalized spacial score (nSPS) is 11.4. The Labute approximate surface area is 102 Å². The van der Waals surface area contributed by atoms with E-state index in [1.54, 1.807) is 0 Å². The molecule has 4 nitrogen and oxygen atoms in total. The van der Waals surface area contributed by atoms with E-state index in [9.17, 15) is 18.0 Å². The molecule has 0 atom stereocenters. The third-order valence-corrected chi connectivity index (χ3v) is 2.37. The number of halogens is 3. The number of rotatable bonds is 4. The summed E-state index contributed by atoms with van der Waals surface area (Å²) >= 11 is 0. The molecule has 1 rings (SSSR count). The SMILES string of the molecule is CON(C)C(=O)CCc1ccc(C(F)(F)F)nc1. The smallest absolute Gasteiger partial charge is 0.275 e. The lowest BCUT2D eigenvalue weighted by atomic mass is 10.1. The maximum atomic E-state index is 12.2. The molecule has 1 aromatic heterocycles. The lowest BCUT2D eigenvalue weighted by Gasteiger charge is -2.13. The van der Waals surface area contributed by atoms with Crippen molar-refractivity contribution in [1.29, 1.82) is 0 Å². The number of aromatic nitrogens is 1. The maximum Gasteiger partial charge on any atom is 0.433 e. The van der Waals surface area contributed by atoms with Crippen molar-refractivity contribution in [3.05, 3.63) is 29.6 Å². The fourth-order valence-corrected chi connectivity index (χ4v) is 1.25. The zero-order valence-electron chi connectivity index (χ0n) is 9.99. The van der Waals surface area contributed by atoms with Gasteiger partial charge in [-0.15, -0.1) is 0 Å². The van der Waals surface area contributed by atoms with E-state index in [1.165, 1.54) is 20.2 Å². The molecule has 1 aromatic rings. The number of hydrogen-bond acceptors (Lipinski definition) is 3. The molecule has 7 heteroatoms. The van der Waals surface area contributed by atoms with Crippen LogP contribution in [0.3, 0.4) is 0 Å². The first kappa shape index (κ1) is 14.4. The van der Waals surface area contributed by atoms with Crippen LogP contribution in [0.15, 0.2) is 18.3 Å². The van der Waals surface area contributed by atoms with Gasteiger partial charge in [-0.3, -0.25) is 14.6 Å². The Bertz CT molecular complexity index is 404. The Hall–Kier alpha value is -1.63. The summed E-state index contributed by atoms with van der Waals surface area (Å²) < 4.78 is 36.7. The third kappa shape index (κ3) is 3.99. The Morgan fingerprint density at radius 1 is 1.44 bits per heavy atom. The van der Waals surface area contributed by atoms with Crippen LogP contribution in [0.1, 0.15) is 17.7 Å². The van der Waals surface area contributed by atoms with Crippen LogP contribution in [-0.4, -0.2) is 30.1 Å². The topological polar surface area (TPSA) is 42.4 Å². The second kappa shape index (κ2) is 5.81. The van der Waals surface area contributed by atoms with Gasteiger partial charge in [0, 0.05) is 19.7 Å². The van der Waals surface area contributed by atoms with E-state index in [2.05, 4.69) is 9.82 Å². The van der Waals surface area contributed by atoms with Gasteiger partial charge in [0.15, 0.2) is 0 Å². The fraction of sp³-hybridized carbons (Fsp3) is 0.455. The number of hydroxylamine groups is 2. The monoisotopic (exact) mass is 262 g/mol. The van der Waals surface area contributed by atoms with Crippen molar-refractivity contribution < 1.29 is 22.8 Å². The molecule has 0 saturated heterocycles. The largest absolute Gasteiger partial charge is 0.433 e. The van der Waals surface area contributed by atoms with Crippen molar-refractivity contribution in [2.24, 2.45) is 0 Å². The van der Waals surface area contributed by atoms with E-state index in [1.807, 2.05) is 0 Å². The van der Waals surface area contributed by atoms with Gasteiger partial charge < -0.3 is 0 Å². The van der Waals surface area contributed by atoms with Crippen molar-refractivity contribution in [3.63, 3.8) is 0 Å². The van der Waals surface area contributed by atoms with E-state index in [4.69, 9.17) is 0 Å². The highest BCUT2D eigenvalue weighted by molar-refractivity contribution is 5.75. The molecule has 1 heterocycles. The molecule has 0 aliphatic rings. The minimum atomic E-state index is -4.44. The van der Waals surface area contributed by atoms with Crippen molar-refractivity contribution in [1.82, 2.24) is 10.0 Å². The van der Waals surface area contributed by atoms with Gasteiger partial charge in [0.2, 0.25) is 5.91 Å². The maximum absolute atomic E-state index is 12.2.